The SMILES string of the molecule is CCCCCCCn1nc(C(=O)NCCCN(C)C)c2ccccc21. The van der Waals surface area contributed by atoms with Crippen LogP contribution in [0.1, 0.15) is 55.9 Å². The second kappa shape index (κ2) is 10.2. The van der Waals surface area contributed by atoms with Gasteiger partial charge in [0.25, 0.3) is 5.91 Å². The van der Waals surface area contributed by atoms with Crippen LogP contribution in [-0.2, 0) is 6.54 Å². The molecule has 0 radical (unpaired) electrons. The molecule has 0 saturated carbocycles. The lowest BCUT2D eigenvalue weighted by Crippen LogP contribution is -2.27. The highest BCUT2D eigenvalue weighted by molar-refractivity contribution is 6.04. The van der Waals surface area contributed by atoms with Crippen molar-refractivity contribution in [2.24, 2.45) is 0 Å². The molecule has 1 aromatic carbocycles. The monoisotopic (exact) mass is 344 g/mol. The normalized spacial score (nSPS) is 11.4. The summed E-state index contributed by atoms with van der Waals surface area (Å²) >= 11 is 0. The van der Waals surface area contributed by atoms with E-state index in [-0.39, 0.29) is 5.91 Å². The molecule has 2 aromatic rings. The maximum absolute atomic E-state index is 12.5. The standard InChI is InChI=1S/C20H32N4O/c1-4-5-6-7-10-16-24-18-13-9-8-12-17(18)19(22-24)20(25)21-14-11-15-23(2)3/h8-9,12-13H,4-7,10-11,14-16H2,1-3H3,(H,21,25). The first kappa shape index (κ1) is 19.4. The Morgan fingerprint density at radius 2 is 1.88 bits per heavy atom. The molecule has 0 aliphatic carbocycles. The number of aryl methyl sites for hydroxylation is 1. The molecule has 5 nitrogen and oxygen atoms in total. The molecular formula is C20H32N4O. The average molecular weight is 345 g/mol. The molecule has 1 N–H and O–H groups in total. The van der Waals surface area contributed by atoms with Gasteiger partial charge in [0.1, 0.15) is 0 Å². The molecule has 0 spiro atoms. The summed E-state index contributed by atoms with van der Waals surface area (Å²) in [6, 6.07) is 8.02. The van der Waals surface area contributed by atoms with Gasteiger partial charge in [-0.2, -0.15) is 5.10 Å². The minimum absolute atomic E-state index is 0.0697. The number of nitrogens with one attached hydrogen (secondary N) is 1. The minimum Gasteiger partial charge on any atom is -0.351 e. The van der Waals surface area contributed by atoms with Gasteiger partial charge in [-0.15, -0.1) is 0 Å². The third-order valence-corrected chi connectivity index (χ3v) is 4.41. The number of carbonyl (C=O) groups is 1. The van der Waals surface area contributed by atoms with E-state index in [1.807, 2.05) is 37.0 Å². The Labute approximate surface area is 151 Å². The highest BCUT2D eigenvalue weighted by Crippen LogP contribution is 2.19. The number of aromatic nitrogens is 2. The Kier molecular flexibility index (Phi) is 7.92. The predicted molar refractivity (Wildman–Crippen MR) is 104 cm³/mol. The number of carbonyl (C=O) groups excluding carboxylic acids is 1. The van der Waals surface area contributed by atoms with Gasteiger partial charge in [-0.25, -0.2) is 0 Å². The highest BCUT2D eigenvalue weighted by Gasteiger charge is 2.16. The Bertz CT molecular complexity index is 663. The van der Waals surface area contributed by atoms with Crippen molar-refractivity contribution in [2.75, 3.05) is 27.2 Å². The Morgan fingerprint density at radius 1 is 1.12 bits per heavy atom. The van der Waals surface area contributed by atoms with Crippen LogP contribution in [0.3, 0.4) is 0 Å². The van der Waals surface area contributed by atoms with E-state index in [2.05, 4.69) is 28.3 Å². The van der Waals surface area contributed by atoms with Crippen LogP contribution in [0.4, 0.5) is 0 Å². The van der Waals surface area contributed by atoms with E-state index in [1.54, 1.807) is 0 Å². The number of unbranched alkanes of at least 4 members (excludes halogenated alkanes) is 4. The second-order valence-corrected chi connectivity index (χ2v) is 6.92. The van der Waals surface area contributed by atoms with Gasteiger partial charge in [0.15, 0.2) is 5.69 Å². The average Bonchev–Trinajstić information content (AvgIpc) is 2.97. The number of hydrogen-bond acceptors (Lipinski definition) is 3. The summed E-state index contributed by atoms with van der Waals surface area (Å²) < 4.78 is 2.00. The van der Waals surface area contributed by atoms with E-state index < -0.39 is 0 Å². The fourth-order valence-corrected chi connectivity index (χ4v) is 3.01. The van der Waals surface area contributed by atoms with Crippen molar-refractivity contribution in [3.63, 3.8) is 0 Å². The Morgan fingerprint density at radius 3 is 2.64 bits per heavy atom. The number of rotatable bonds is 11. The maximum Gasteiger partial charge on any atom is 0.272 e. The second-order valence-electron chi connectivity index (χ2n) is 6.92. The first-order chi connectivity index (χ1) is 12.1. The van der Waals surface area contributed by atoms with Crippen LogP contribution >= 0.6 is 0 Å². The summed E-state index contributed by atoms with van der Waals surface area (Å²) in [5.74, 6) is -0.0697. The Balaban J connectivity index is 2.00. The van der Waals surface area contributed by atoms with E-state index in [4.69, 9.17) is 0 Å². The number of hydrogen-bond donors (Lipinski definition) is 1. The van der Waals surface area contributed by atoms with E-state index in [1.165, 1.54) is 25.7 Å². The predicted octanol–water partition coefficient (Wildman–Crippen LogP) is 3.69. The third kappa shape index (κ3) is 5.85. The molecule has 0 atom stereocenters. The van der Waals surface area contributed by atoms with Gasteiger partial charge >= 0.3 is 0 Å². The van der Waals surface area contributed by atoms with Crippen LogP contribution in [0.15, 0.2) is 24.3 Å². The largest absolute Gasteiger partial charge is 0.351 e. The van der Waals surface area contributed by atoms with Crippen molar-refractivity contribution in [1.29, 1.82) is 0 Å². The molecule has 0 saturated heterocycles. The number of nitrogens with zero attached hydrogens (tertiary/aromatic N) is 3. The van der Waals surface area contributed by atoms with Gasteiger partial charge in [0.05, 0.1) is 5.52 Å². The Hall–Kier alpha value is -1.88. The summed E-state index contributed by atoms with van der Waals surface area (Å²) in [4.78, 5) is 14.7. The van der Waals surface area contributed by atoms with Crippen LogP contribution in [0.2, 0.25) is 0 Å². The van der Waals surface area contributed by atoms with E-state index in [0.29, 0.717) is 12.2 Å². The zero-order chi connectivity index (χ0) is 18.1. The summed E-state index contributed by atoms with van der Waals surface area (Å²) in [5, 5.41) is 8.56. The van der Waals surface area contributed by atoms with E-state index in [0.717, 1.165) is 36.8 Å². The van der Waals surface area contributed by atoms with Crippen molar-refractivity contribution < 1.29 is 4.79 Å². The molecule has 1 aromatic heterocycles. The molecule has 1 amide bonds. The molecule has 25 heavy (non-hydrogen) atoms. The van der Waals surface area contributed by atoms with Gasteiger partial charge in [-0.1, -0.05) is 50.8 Å². The van der Waals surface area contributed by atoms with Gasteiger partial charge in [0.2, 0.25) is 0 Å². The molecule has 0 aliphatic rings. The van der Waals surface area contributed by atoms with Crippen molar-refractivity contribution in [3.05, 3.63) is 30.0 Å². The number of benzene rings is 1. The van der Waals surface area contributed by atoms with Gasteiger partial charge < -0.3 is 10.2 Å². The minimum atomic E-state index is -0.0697. The molecule has 0 unspecified atom stereocenters. The molecular weight excluding hydrogens is 312 g/mol. The summed E-state index contributed by atoms with van der Waals surface area (Å²) in [6.07, 6.45) is 7.08. The van der Waals surface area contributed by atoms with Gasteiger partial charge in [-0.05, 0) is 39.5 Å². The number of fused-ring (bicyclic) bond motifs is 1. The smallest absolute Gasteiger partial charge is 0.272 e. The molecule has 0 fully saturated rings. The van der Waals surface area contributed by atoms with Crippen molar-refractivity contribution in [1.82, 2.24) is 20.0 Å². The quantitative estimate of drug-likeness (QED) is 0.633. The lowest BCUT2D eigenvalue weighted by atomic mass is 10.1. The fourth-order valence-electron chi connectivity index (χ4n) is 3.01. The van der Waals surface area contributed by atoms with Gasteiger partial charge in [0, 0.05) is 18.5 Å². The van der Waals surface area contributed by atoms with Crippen LogP contribution in [0.5, 0.6) is 0 Å². The zero-order valence-corrected chi connectivity index (χ0v) is 15.9. The van der Waals surface area contributed by atoms with Crippen molar-refractivity contribution in [2.45, 2.75) is 52.0 Å². The topological polar surface area (TPSA) is 50.2 Å². The first-order valence-corrected chi connectivity index (χ1v) is 9.52. The summed E-state index contributed by atoms with van der Waals surface area (Å²) in [5.41, 5.74) is 1.60. The molecule has 2 rings (SSSR count). The molecule has 5 heteroatoms. The molecule has 0 bridgehead atoms. The summed E-state index contributed by atoms with van der Waals surface area (Å²) in [7, 11) is 4.08. The lowest BCUT2D eigenvalue weighted by molar-refractivity contribution is 0.0948. The van der Waals surface area contributed by atoms with E-state index >= 15 is 0 Å². The molecule has 0 aliphatic heterocycles. The van der Waals surface area contributed by atoms with Crippen molar-refractivity contribution in [3.8, 4) is 0 Å². The van der Waals surface area contributed by atoms with Crippen LogP contribution in [0.25, 0.3) is 10.9 Å². The number of amides is 1. The van der Waals surface area contributed by atoms with Crippen molar-refractivity contribution >= 4 is 16.8 Å². The fraction of sp³-hybridized carbons (Fsp3) is 0.600. The third-order valence-electron chi connectivity index (χ3n) is 4.41. The first-order valence-electron chi connectivity index (χ1n) is 9.52. The molecule has 138 valence electrons. The molecule has 1 heterocycles. The van der Waals surface area contributed by atoms with E-state index in [9.17, 15) is 4.79 Å². The lowest BCUT2D eigenvalue weighted by Gasteiger charge is -2.09. The van der Waals surface area contributed by atoms with Crippen LogP contribution in [-0.4, -0.2) is 47.8 Å². The maximum atomic E-state index is 12.5. The highest BCUT2D eigenvalue weighted by atomic mass is 16.1. The van der Waals surface area contributed by atoms with Gasteiger partial charge in [-0.3, -0.25) is 9.48 Å². The summed E-state index contributed by atoms with van der Waals surface area (Å²) in [6.45, 7) is 4.74. The zero-order valence-electron chi connectivity index (χ0n) is 15.9. The van der Waals surface area contributed by atoms with Crippen LogP contribution < -0.4 is 5.32 Å². The van der Waals surface area contributed by atoms with Crippen LogP contribution in [0, 0.1) is 0 Å². The number of para-hydroxylation sites is 1.